The lowest BCUT2D eigenvalue weighted by Crippen LogP contribution is -2.37. The molecule has 4 N–H and O–H groups in total. The van der Waals surface area contributed by atoms with Gasteiger partial charge in [-0.3, -0.25) is 5.43 Å². The fourth-order valence-corrected chi connectivity index (χ4v) is 2.61. The monoisotopic (exact) mass is 276 g/mol. The van der Waals surface area contributed by atoms with Gasteiger partial charge in [-0.2, -0.15) is 0 Å². The molecule has 6 nitrogen and oxygen atoms in total. The van der Waals surface area contributed by atoms with Crippen LogP contribution in [0.3, 0.4) is 0 Å². The average Bonchev–Trinajstić information content (AvgIpc) is 2.95. The second-order valence-corrected chi connectivity index (χ2v) is 5.11. The molecule has 0 saturated heterocycles. The van der Waals surface area contributed by atoms with Gasteiger partial charge in [-0.1, -0.05) is 19.3 Å². The maximum absolute atomic E-state index is 5.55. The quantitative estimate of drug-likeness (QED) is 0.333. The normalized spacial score (nSPS) is 18.9. The highest BCUT2D eigenvalue weighted by Gasteiger charge is 2.15. The van der Waals surface area contributed by atoms with Crippen molar-refractivity contribution in [1.82, 2.24) is 5.43 Å². The summed E-state index contributed by atoms with van der Waals surface area (Å²) in [6.07, 6.45) is 6.07. The highest BCUT2D eigenvalue weighted by molar-refractivity contribution is 5.93. The molecular weight excluding hydrogens is 256 g/mol. The number of hydrazine groups is 1. The molecule has 0 atom stereocenters. The zero-order chi connectivity index (χ0) is 13.8. The number of fused-ring (bicyclic) bond motifs is 1. The summed E-state index contributed by atoms with van der Waals surface area (Å²) < 4.78 is 10.6. The number of guanidine groups is 1. The van der Waals surface area contributed by atoms with Crippen molar-refractivity contribution in [3.63, 3.8) is 0 Å². The molecule has 108 valence electrons. The van der Waals surface area contributed by atoms with Crippen LogP contribution >= 0.6 is 0 Å². The van der Waals surface area contributed by atoms with E-state index in [4.69, 9.17) is 15.3 Å². The van der Waals surface area contributed by atoms with E-state index in [1.165, 1.54) is 19.3 Å². The van der Waals surface area contributed by atoms with Crippen LogP contribution in [-0.2, 0) is 0 Å². The summed E-state index contributed by atoms with van der Waals surface area (Å²) in [5, 5.41) is 3.18. The molecule has 0 spiro atoms. The van der Waals surface area contributed by atoms with Gasteiger partial charge in [-0.25, -0.2) is 10.8 Å². The Morgan fingerprint density at radius 2 is 1.95 bits per heavy atom. The minimum Gasteiger partial charge on any atom is -0.454 e. The number of aliphatic imine (C=N–C) groups is 1. The smallest absolute Gasteiger partial charge is 0.231 e. The van der Waals surface area contributed by atoms with E-state index in [0.29, 0.717) is 12.0 Å². The van der Waals surface area contributed by atoms with Crippen LogP contribution in [0, 0.1) is 0 Å². The van der Waals surface area contributed by atoms with Gasteiger partial charge in [0, 0.05) is 11.8 Å². The minimum absolute atomic E-state index is 0.275. The van der Waals surface area contributed by atoms with E-state index in [1.807, 2.05) is 18.2 Å². The number of ether oxygens (including phenoxy) is 2. The lowest BCUT2D eigenvalue weighted by atomic mass is 9.96. The van der Waals surface area contributed by atoms with E-state index in [-0.39, 0.29) is 6.79 Å². The largest absolute Gasteiger partial charge is 0.454 e. The minimum atomic E-state index is 0.275. The standard InChI is InChI=1S/C14H20N4O2/c15-18-14(16-10-4-2-1-3-5-10)17-11-6-7-12-13(8-11)20-9-19-12/h6-8,10H,1-5,9,15H2,(H2,16,17,18). The average molecular weight is 276 g/mol. The summed E-state index contributed by atoms with van der Waals surface area (Å²) in [5.74, 6) is 7.65. The Kier molecular flexibility index (Phi) is 3.92. The van der Waals surface area contributed by atoms with Crippen molar-refractivity contribution in [1.29, 1.82) is 0 Å². The SMILES string of the molecule is NNC(=NC1CCCCC1)Nc1ccc2c(c1)OCO2. The summed E-state index contributed by atoms with van der Waals surface area (Å²) >= 11 is 0. The van der Waals surface area contributed by atoms with Crippen molar-refractivity contribution >= 4 is 11.6 Å². The summed E-state index contributed by atoms with van der Waals surface area (Å²) in [5.41, 5.74) is 3.51. The Hall–Kier alpha value is -1.95. The molecule has 0 aromatic heterocycles. The number of hydrogen-bond acceptors (Lipinski definition) is 4. The Morgan fingerprint density at radius 3 is 2.75 bits per heavy atom. The molecule has 1 aromatic carbocycles. The first-order chi connectivity index (χ1) is 9.85. The maximum atomic E-state index is 5.55. The molecule has 1 aliphatic heterocycles. The highest BCUT2D eigenvalue weighted by atomic mass is 16.7. The number of hydrogen-bond donors (Lipinski definition) is 3. The van der Waals surface area contributed by atoms with Crippen molar-refractivity contribution in [2.45, 2.75) is 38.1 Å². The predicted octanol–water partition coefficient (Wildman–Crippen LogP) is 1.98. The number of nitrogens with two attached hydrogens (primary N) is 1. The molecular formula is C14H20N4O2. The summed E-state index contributed by atoms with van der Waals surface area (Å²) in [7, 11) is 0. The first-order valence-corrected chi connectivity index (χ1v) is 7.06. The molecule has 6 heteroatoms. The van der Waals surface area contributed by atoms with E-state index >= 15 is 0 Å². The number of nitrogens with zero attached hydrogens (tertiary/aromatic N) is 1. The van der Waals surface area contributed by atoms with Crippen LogP contribution in [0.25, 0.3) is 0 Å². The van der Waals surface area contributed by atoms with Gasteiger partial charge in [0.1, 0.15) is 0 Å². The Morgan fingerprint density at radius 1 is 1.15 bits per heavy atom. The fourth-order valence-electron chi connectivity index (χ4n) is 2.61. The molecule has 1 aliphatic carbocycles. The van der Waals surface area contributed by atoms with Gasteiger partial charge in [0.25, 0.3) is 0 Å². The van der Waals surface area contributed by atoms with Gasteiger partial charge in [-0.15, -0.1) is 0 Å². The topological polar surface area (TPSA) is 80.9 Å². The van der Waals surface area contributed by atoms with Crippen molar-refractivity contribution in [2.75, 3.05) is 12.1 Å². The lowest BCUT2D eigenvalue weighted by molar-refractivity contribution is 0.174. The molecule has 0 amide bonds. The van der Waals surface area contributed by atoms with E-state index < -0.39 is 0 Å². The van der Waals surface area contributed by atoms with Crippen molar-refractivity contribution in [3.05, 3.63) is 18.2 Å². The Bertz CT molecular complexity index is 498. The lowest BCUT2D eigenvalue weighted by Gasteiger charge is -2.19. The van der Waals surface area contributed by atoms with Gasteiger partial charge < -0.3 is 14.8 Å². The molecule has 1 fully saturated rings. The first-order valence-electron chi connectivity index (χ1n) is 7.06. The highest BCUT2D eigenvalue weighted by Crippen LogP contribution is 2.34. The molecule has 0 unspecified atom stereocenters. The molecule has 1 aromatic rings. The third-order valence-corrected chi connectivity index (χ3v) is 3.66. The number of rotatable bonds is 2. The number of anilines is 1. The van der Waals surface area contributed by atoms with Crippen LogP contribution in [0.4, 0.5) is 5.69 Å². The van der Waals surface area contributed by atoms with E-state index in [2.05, 4.69) is 15.7 Å². The third kappa shape index (κ3) is 2.96. The Balaban J connectivity index is 1.69. The van der Waals surface area contributed by atoms with Crippen LogP contribution in [0.1, 0.15) is 32.1 Å². The van der Waals surface area contributed by atoms with Crippen LogP contribution in [0.2, 0.25) is 0 Å². The van der Waals surface area contributed by atoms with Gasteiger partial charge in [0.05, 0.1) is 6.04 Å². The third-order valence-electron chi connectivity index (χ3n) is 3.66. The summed E-state index contributed by atoms with van der Waals surface area (Å²) in [6, 6.07) is 6.03. The number of nitrogens with one attached hydrogen (secondary N) is 2. The Labute approximate surface area is 118 Å². The van der Waals surface area contributed by atoms with Crippen molar-refractivity contribution < 1.29 is 9.47 Å². The van der Waals surface area contributed by atoms with Crippen molar-refractivity contribution in [3.8, 4) is 11.5 Å². The van der Waals surface area contributed by atoms with Crippen LogP contribution in [-0.4, -0.2) is 18.8 Å². The van der Waals surface area contributed by atoms with Gasteiger partial charge in [0.15, 0.2) is 11.5 Å². The maximum Gasteiger partial charge on any atom is 0.231 e. The van der Waals surface area contributed by atoms with E-state index in [1.54, 1.807) is 0 Å². The fraction of sp³-hybridized carbons (Fsp3) is 0.500. The number of benzene rings is 1. The van der Waals surface area contributed by atoms with Crippen LogP contribution in [0.15, 0.2) is 23.2 Å². The molecule has 1 saturated carbocycles. The zero-order valence-corrected chi connectivity index (χ0v) is 11.4. The van der Waals surface area contributed by atoms with Crippen molar-refractivity contribution in [2.24, 2.45) is 10.8 Å². The summed E-state index contributed by atoms with van der Waals surface area (Å²) in [4.78, 5) is 4.64. The van der Waals surface area contributed by atoms with E-state index in [9.17, 15) is 0 Å². The summed E-state index contributed by atoms with van der Waals surface area (Å²) in [6.45, 7) is 0.275. The first kappa shape index (κ1) is 13.1. The molecule has 2 aliphatic rings. The second kappa shape index (κ2) is 6.00. The van der Waals surface area contributed by atoms with Gasteiger partial charge in [0.2, 0.25) is 12.8 Å². The molecule has 20 heavy (non-hydrogen) atoms. The van der Waals surface area contributed by atoms with E-state index in [0.717, 1.165) is 30.0 Å². The molecule has 3 rings (SSSR count). The zero-order valence-electron chi connectivity index (χ0n) is 11.4. The molecule has 0 bridgehead atoms. The van der Waals surface area contributed by atoms with Gasteiger partial charge in [-0.05, 0) is 25.0 Å². The molecule has 0 radical (unpaired) electrons. The van der Waals surface area contributed by atoms with Gasteiger partial charge >= 0.3 is 0 Å². The second-order valence-electron chi connectivity index (χ2n) is 5.11. The van der Waals surface area contributed by atoms with Crippen LogP contribution in [0.5, 0.6) is 11.5 Å². The van der Waals surface area contributed by atoms with Crippen LogP contribution < -0.4 is 26.1 Å². The molecule has 1 heterocycles. The predicted molar refractivity (Wildman–Crippen MR) is 77.8 cm³/mol.